The molecule has 0 bridgehead atoms. The zero-order valence-electron chi connectivity index (χ0n) is 33.9. The number of methoxy groups -OCH3 is 2. The Morgan fingerprint density at radius 1 is 0.725 bits per heavy atom. The van der Waals surface area contributed by atoms with Crippen LogP contribution in [0, 0.1) is 16.0 Å². The lowest BCUT2D eigenvalue weighted by atomic mass is 9.70. The number of nitro benzene ring substituents is 1. The van der Waals surface area contributed by atoms with Crippen LogP contribution in [-0.2, 0) is 27.3 Å². The third-order valence-electron chi connectivity index (χ3n) is 9.49. The standard InChI is InChI=1S/C43H62N2O6/c1-26(2)19-36(44-25-27-20-30(45(48)49)17-18-35(27)46)43(47,28-21-31(39(3,4)5)37(50-15)32(22-28)40(6,7)8)29-23-33(41(9,10)11)38(51-16)34(24-29)42(12,13)14/h17-18,20-26,36,46-47H,19H2,1-16H3. The van der Waals surface area contributed by atoms with Gasteiger partial charge in [-0.3, -0.25) is 15.1 Å². The zero-order valence-corrected chi connectivity index (χ0v) is 33.9. The number of hydrogen-bond acceptors (Lipinski definition) is 7. The van der Waals surface area contributed by atoms with Gasteiger partial charge in [-0.15, -0.1) is 0 Å². The zero-order chi connectivity index (χ0) is 39.1. The number of rotatable bonds is 10. The molecule has 51 heavy (non-hydrogen) atoms. The Morgan fingerprint density at radius 3 is 1.39 bits per heavy atom. The molecule has 1 unspecified atom stereocenters. The normalized spacial score (nSPS) is 13.9. The van der Waals surface area contributed by atoms with Gasteiger partial charge < -0.3 is 19.7 Å². The van der Waals surface area contributed by atoms with Crippen molar-refractivity contribution in [1.82, 2.24) is 0 Å². The molecule has 3 aromatic carbocycles. The molecule has 0 aliphatic rings. The van der Waals surface area contributed by atoms with E-state index in [0.29, 0.717) is 17.5 Å². The van der Waals surface area contributed by atoms with E-state index in [1.54, 1.807) is 14.2 Å². The smallest absolute Gasteiger partial charge is 0.270 e. The van der Waals surface area contributed by atoms with E-state index in [1.165, 1.54) is 24.4 Å². The first-order valence-electron chi connectivity index (χ1n) is 17.9. The molecule has 0 amide bonds. The van der Waals surface area contributed by atoms with Crippen LogP contribution in [0.5, 0.6) is 17.2 Å². The molecule has 3 rings (SSSR count). The molecule has 0 fully saturated rings. The molecule has 1 atom stereocenters. The topological polar surface area (TPSA) is 114 Å². The van der Waals surface area contributed by atoms with E-state index in [2.05, 4.69) is 121 Å². The fraction of sp³-hybridized carbons (Fsp3) is 0.558. The van der Waals surface area contributed by atoms with Gasteiger partial charge in [0.25, 0.3) is 5.69 Å². The van der Waals surface area contributed by atoms with E-state index in [1.807, 2.05) is 0 Å². The summed E-state index contributed by atoms with van der Waals surface area (Å²) in [7, 11) is 3.38. The van der Waals surface area contributed by atoms with Gasteiger partial charge in [0.2, 0.25) is 0 Å². The van der Waals surface area contributed by atoms with Gasteiger partial charge >= 0.3 is 0 Å². The van der Waals surface area contributed by atoms with Gasteiger partial charge in [-0.1, -0.05) is 96.9 Å². The van der Waals surface area contributed by atoms with E-state index < -0.39 is 16.6 Å². The monoisotopic (exact) mass is 702 g/mol. The second-order valence-electron chi connectivity index (χ2n) is 18.4. The van der Waals surface area contributed by atoms with Crippen molar-refractivity contribution in [3.05, 3.63) is 91.5 Å². The fourth-order valence-electron chi connectivity index (χ4n) is 6.63. The molecule has 0 saturated heterocycles. The molecule has 0 spiro atoms. The van der Waals surface area contributed by atoms with E-state index >= 15 is 0 Å². The number of aromatic hydroxyl groups is 1. The van der Waals surface area contributed by atoms with Crippen molar-refractivity contribution in [3.8, 4) is 17.2 Å². The number of aliphatic hydroxyl groups is 1. The van der Waals surface area contributed by atoms with Crippen LogP contribution >= 0.6 is 0 Å². The van der Waals surface area contributed by atoms with Crippen molar-refractivity contribution in [3.63, 3.8) is 0 Å². The van der Waals surface area contributed by atoms with Crippen LogP contribution in [0.25, 0.3) is 0 Å². The summed E-state index contributed by atoms with van der Waals surface area (Å²) in [6, 6.07) is 11.3. The molecule has 0 aliphatic heterocycles. The number of phenolic OH excluding ortho intramolecular Hbond substituents is 1. The van der Waals surface area contributed by atoms with Crippen molar-refractivity contribution in [2.24, 2.45) is 10.9 Å². The van der Waals surface area contributed by atoms with Gasteiger partial charge in [-0.2, -0.15) is 0 Å². The maximum atomic E-state index is 13.9. The first-order valence-corrected chi connectivity index (χ1v) is 17.9. The lowest BCUT2D eigenvalue weighted by Gasteiger charge is -2.40. The molecule has 8 heteroatoms. The van der Waals surface area contributed by atoms with E-state index in [0.717, 1.165) is 33.8 Å². The second-order valence-corrected chi connectivity index (χ2v) is 18.4. The number of nitrogens with zero attached hydrogens (tertiary/aromatic N) is 2. The fourth-order valence-corrected chi connectivity index (χ4v) is 6.63. The van der Waals surface area contributed by atoms with Gasteiger partial charge in [0.05, 0.1) is 25.2 Å². The Hall–Kier alpha value is -3.91. The first-order chi connectivity index (χ1) is 23.2. The third kappa shape index (κ3) is 8.94. The third-order valence-corrected chi connectivity index (χ3v) is 9.49. The summed E-state index contributed by atoms with van der Waals surface area (Å²) in [5.41, 5.74) is 2.07. The Kier molecular flexibility index (Phi) is 11.9. The van der Waals surface area contributed by atoms with Crippen molar-refractivity contribution in [2.75, 3.05) is 14.2 Å². The molecular formula is C43H62N2O6. The van der Waals surface area contributed by atoms with Gasteiger partial charge in [-0.25, -0.2) is 0 Å². The van der Waals surface area contributed by atoms with Crippen molar-refractivity contribution in [1.29, 1.82) is 0 Å². The first kappa shape index (κ1) is 41.5. The predicted octanol–water partition coefficient (Wildman–Crippen LogP) is 10.3. The van der Waals surface area contributed by atoms with Crippen LogP contribution in [-0.4, -0.2) is 41.6 Å². The Morgan fingerprint density at radius 2 is 1.10 bits per heavy atom. The quantitative estimate of drug-likeness (QED) is 0.123. The number of phenols is 1. The number of hydrogen-bond donors (Lipinski definition) is 2. The van der Waals surface area contributed by atoms with E-state index in [-0.39, 0.29) is 44.6 Å². The number of aliphatic imine (C=N–C) groups is 1. The summed E-state index contributed by atoms with van der Waals surface area (Å²) in [6.07, 6.45) is 1.92. The van der Waals surface area contributed by atoms with Crippen LogP contribution in [0.3, 0.4) is 0 Å². The average molecular weight is 703 g/mol. The highest BCUT2D eigenvalue weighted by atomic mass is 16.6. The van der Waals surface area contributed by atoms with Crippen LogP contribution in [0.2, 0.25) is 0 Å². The Bertz CT molecular complexity index is 1610. The van der Waals surface area contributed by atoms with Gasteiger partial charge in [0, 0.05) is 46.2 Å². The van der Waals surface area contributed by atoms with Crippen molar-refractivity contribution in [2.45, 2.75) is 137 Å². The second kappa shape index (κ2) is 14.6. The number of ether oxygens (including phenoxy) is 2. The van der Waals surface area contributed by atoms with Gasteiger partial charge in [-0.05, 0) is 75.5 Å². The summed E-state index contributed by atoms with van der Waals surface area (Å²) in [4.78, 5) is 16.2. The van der Waals surface area contributed by atoms with Crippen LogP contribution < -0.4 is 9.47 Å². The van der Waals surface area contributed by atoms with E-state index in [4.69, 9.17) is 14.5 Å². The summed E-state index contributed by atoms with van der Waals surface area (Å²) < 4.78 is 12.2. The molecule has 8 nitrogen and oxygen atoms in total. The van der Waals surface area contributed by atoms with Gasteiger partial charge in [0.1, 0.15) is 22.8 Å². The minimum absolute atomic E-state index is 0.0993. The number of benzene rings is 3. The minimum Gasteiger partial charge on any atom is -0.507 e. The minimum atomic E-state index is -1.71. The molecule has 280 valence electrons. The SMILES string of the molecule is COc1c(C(C)(C)C)cc(C(O)(c2cc(C(C)(C)C)c(OC)c(C(C)(C)C)c2)C(CC(C)C)N=Cc2cc([N+](=O)[O-])ccc2O)cc1C(C)(C)C. The molecule has 0 radical (unpaired) electrons. The maximum Gasteiger partial charge on any atom is 0.270 e. The molecule has 0 aliphatic carbocycles. The van der Waals surface area contributed by atoms with Crippen molar-refractivity contribution < 1.29 is 24.6 Å². The van der Waals surface area contributed by atoms with Crippen LogP contribution in [0.1, 0.15) is 142 Å². The Labute approximate surface area is 306 Å². The number of nitro groups is 1. The summed E-state index contributed by atoms with van der Waals surface area (Å²) in [5, 5.41) is 36.3. The summed E-state index contributed by atoms with van der Waals surface area (Å²) >= 11 is 0. The van der Waals surface area contributed by atoms with Crippen LogP contribution in [0.15, 0.2) is 47.5 Å². The van der Waals surface area contributed by atoms with Crippen LogP contribution in [0.4, 0.5) is 5.69 Å². The number of non-ortho nitro benzene ring substituents is 1. The maximum absolute atomic E-state index is 13.9. The molecule has 0 aromatic heterocycles. The van der Waals surface area contributed by atoms with Crippen molar-refractivity contribution >= 4 is 11.9 Å². The Balaban J connectivity index is 2.67. The largest absolute Gasteiger partial charge is 0.507 e. The molecular weight excluding hydrogens is 640 g/mol. The summed E-state index contributed by atoms with van der Waals surface area (Å²) in [6.45, 7) is 29.8. The predicted molar refractivity (Wildman–Crippen MR) is 209 cm³/mol. The van der Waals surface area contributed by atoms with Gasteiger partial charge in [0.15, 0.2) is 0 Å². The lowest BCUT2D eigenvalue weighted by molar-refractivity contribution is -0.384. The molecule has 0 heterocycles. The average Bonchev–Trinajstić information content (AvgIpc) is 2.99. The lowest BCUT2D eigenvalue weighted by Crippen LogP contribution is -2.42. The molecule has 3 aromatic rings. The highest BCUT2D eigenvalue weighted by molar-refractivity contribution is 5.84. The highest BCUT2D eigenvalue weighted by Gasteiger charge is 2.44. The molecule has 0 saturated carbocycles. The summed E-state index contributed by atoms with van der Waals surface area (Å²) in [5.74, 6) is 1.53. The molecule has 2 N–H and O–H groups in total. The highest BCUT2D eigenvalue weighted by Crippen LogP contribution is 2.49. The van der Waals surface area contributed by atoms with E-state index in [9.17, 15) is 20.3 Å².